The third kappa shape index (κ3) is 4.91. The number of pyridine rings is 1. The minimum absolute atomic E-state index is 0.172. The molecule has 2 aliphatic heterocycles. The molecule has 0 radical (unpaired) electrons. The maximum absolute atomic E-state index is 13.2. The summed E-state index contributed by atoms with van der Waals surface area (Å²) in [5, 5.41) is 12.9. The predicted octanol–water partition coefficient (Wildman–Crippen LogP) is 4.32. The Hall–Kier alpha value is -2.31. The number of rotatable bonds is 9. The summed E-state index contributed by atoms with van der Waals surface area (Å²) < 4.78 is 33.9. The predicted molar refractivity (Wildman–Crippen MR) is 167 cm³/mol. The zero-order valence-corrected chi connectivity index (χ0v) is 27.6. The molecule has 1 aromatic heterocycles. The molecule has 0 aliphatic carbocycles. The molecule has 5 rings (SSSR count). The topological polar surface area (TPSA) is 88.4 Å². The van der Waals surface area contributed by atoms with Crippen molar-refractivity contribution >= 4 is 34.6 Å². The number of nitrogens with zero attached hydrogens (tertiary/aromatic N) is 1. The Labute approximate surface area is 256 Å². The number of halogens is 1. The molecule has 3 heterocycles. The van der Waals surface area contributed by atoms with Crippen LogP contribution < -0.4 is 20.5 Å². The van der Waals surface area contributed by atoms with Gasteiger partial charge in [0.1, 0.15) is 17.8 Å². The molecule has 2 aliphatic rings. The van der Waals surface area contributed by atoms with Crippen molar-refractivity contribution < 1.29 is 28.5 Å². The molecule has 0 saturated carbocycles. The molecule has 0 amide bonds. The van der Waals surface area contributed by atoms with E-state index < -0.39 is 32.4 Å². The van der Waals surface area contributed by atoms with Crippen molar-refractivity contribution in [3.05, 3.63) is 87.3 Å². The van der Waals surface area contributed by atoms with Crippen LogP contribution in [0.1, 0.15) is 51.5 Å². The molecule has 10 heteroatoms. The van der Waals surface area contributed by atoms with E-state index in [0.717, 1.165) is 0 Å². The van der Waals surface area contributed by atoms with Crippen molar-refractivity contribution in [3.8, 4) is 5.75 Å². The zero-order chi connectivity index (χ0) is 30.3. The first-order valence-corrected chi connectivity index (χ1v) is 16.9. The lowest BCUT2D eigenvalue weighted by Gasteiger charge is -2.50. The van der Waals surface area contributed by atoms with E-state index in [4.69, 9.17) is 23.4 Å². The normalized spacial score (nSPS) is 25.6. The third-order valence-corrected chi connectivity index (χ3v) is 14.5. The lowest BCUT2D eigenvalue weighted by Crippen LogP contribution is -2.67. The van der Waals surface area contributed by atoms with E-state index in [1.54, 1.807) is 20.4 Å². The molecule has 1 saturated heterocycles. The van der Waals surface area contributed by atoms with Crippen LogP contribution in [0.4, 0.5) is 0 Å². The van der Waals surface area contributed by atoms with Gasteiger partial charge in [-0.05, 0) is 31.3 Å². The molecule has 5 atom stereocenters. The van der Waals surface area contributed by atoms with Crippen LogP contribution in [0.3, 0.4) is 0 Å². The Kier molecular flexibility index (Phi) is 8.89. The number of methoxy groups -OCH3 is 3. The molecular weight excluding hydrogens is 618 g/mol. The number of benzene rings is 2. The smallest absolute Gasteiger partial charge is 0.261 e. The van der Waals surface area contributed by atoms with Gasteiger partial charge in [0.2, 0.25) is 5.43 Å². The molecule has 0 spiro atoms. The first kappa shape index (κ1) is 31.1. The largest absolute Gasteiger partial charge is 0.491 e. The van der Waals surface area contributed by atoms with Gasteiger partial charge in [-0.2, -0.15) is 0 Å². The van der Waals surface area contributed by atoms with Crippen LogP contribution in [0, 0.1) is 0 Å². The van der Waals surface area contributed by atoms with Gasteiger partial charge in [0, 0.05) is 39.9 Å². The number of hydrogen-bond acceptors (Lipinski definition) is 7. The van der Waals surface area contributed by atoms with E-state index >= 15 is 0 Å². The second kappa shape index (κ2) is 12.0. The highest BCUT2D eigenvalue weighted by atomic mass is 79.9. The van der Waals surface area contributed by atoms with Gasteiger partial charge >= 0.3 is 0 Å². The van der Waals surface area contributed by atoms with Gasteiger partial charge < -0.3 is 33.0 Å². The van der Waals surface area contributed by atoms with E-state index in [1.165, 1.54) is 17.5 Å². The Balaban J connectivity index is 1.61. The van der Waals surface area contributed by atoms with Gasteiger partial charge in [-0.25, -0.2) is 0 Å². The van der Waals surface area contributed by atoms with Gasteiger partial charge in [-0.1, -0.05) is 81.4 Å². The summed E-state index contributed by atoms with van der Waals surface area (Å²) in [4.78, 5) is 13.2. The Morgan fingerprint density at radius 2 is 1.64 bits per heavy atom. The fourth-order valence-electron chi connectivity index (χ4n) is 7.08. The highest BCUT2D eigenvalue weighted by Crippen LogP contribution is 2.53. The zero-order valence-electron chi connectivity index (χ0n) is 25.0. The second-order valence-corrected chi connectivity index (χ2v) is 17.1. The van der Waals surface area contributed by atoms with Crippen LogP contribution in [0.15, 0.2) is 76.1 Å². The van der Waals surface area contributed by atoms with Crippen LogP contribution in [0.25, 0.3) is 0 Å². The molecule has 1 fully saturated rings. The van der Waals surface area contributed by atoms with Gasteiger partial charge in [-0.3, -0.25) is 4.79 Å². The van der Waals surface area contributed by atoms with Crippen molar-refractivity contribution in [1.82, 2.24) is 4.57 Å². The van der Waals surface area contributed by atoms with Gasteiger partial charge in [0.15, 0.2) is 12.0 Å². The van der Waals surface area contributed by atoms with Crippen LogP contribution >= 0.6 is 15.9 Å². The van der Waals surface area contributed by atoms with E-state index in [0.29, 0.717) is 29.6 Å². The lowest BCUT2D eigenvalue weighted by atomic mass is 9.77. The molecule has 5 unspecified atom stereocenters. The van der Waals surface area contributed by atoms with Crippen LogP contribution in [0.2, 0.25) is 5.04 Å². The van der Waals surface area contributed by atoms with Gasteiger partial charge in [0.05, 0.1) is 23.3 Å². The minimum atomic E-state index is -2.84. The summed E-state index contributed by atoms with van der Waals surface area (Å²) in [6.45, 7) is 7.04. The summed E-state index contributed by atoms with van der Waals surface area (Å²) in [6.07, 6.45) is 0.120. The molecule has 8 nitrogen and oxygen atoms in total. The highest BCUT2D eigenvalue weighted by molar-refractivity contribution is 9.10. The lowest BCUT2D eigenvalue weighted by molar-refractivity contribution is -0.230. The Bertz CT molecular complexity index is 1410. The molecule has 42 heavy (non-hydrogen) atoms. The van der Waals surface area contributed by atoms with Crippen LogP contribution in [-0.2, 0) is 18.6 Å². The summed E-state index contributed by atoms with van der Waals surface area (Å²) in [5.41, 5.74) is -0.813. The van der Waals surface area contributed by atoms with E-state index in [1.807, 2.05) is 16.7 Å². The molecule has 1 N–H and O–H groups in total. The average Bonchev–Trinajstić information content (AvgIpc) is 3.38. The SMILES string of the molecule is COc1c2n(cc(Br)c1=O)C1CC(O)OC1C(CCO[Si](c1ccccc1)(c1ccccc1)C(C)(C)C)(OC)C2OC. The molecular formula is C32H40BrNO7Si. The van der Waals surface area contributed by atoms with E-state index in [9.17, 15) is 9.90 Å². The number of ether oxygens (including phenoxy) is 4. The standard InChI is InChI=1S/C32H40BrNO7Si/c1-31(2,3)42(21-13-9-7-10-14-21,22-15-11-8-12-16-22)40-18-17-32(39-6)29-24(19-25(35)41-29)34-20-23(33)27(36)28(37-4)26(34)30(32)38-5/h7-16,20,24-25,29-30,35H,17-19H2,1-6H3. The number of hydrogen-bond donors (Lipinski definition) is 1. The molecule has 226 valence electrons. The Morgan fingerprint density at radius 1 is 1.05 bits per heavy atom. The van der Waals surface area contributed by atoms with Crippen molar-refractivity contribution in [3.63, 3.8) is 0 Å². The monoisotopic (exact) mass is 657 g/mol. The van der Waals surface area contributed by atoms with Crippen LogP contribution in [-0.4, -0.2) is 63.9 Å². The summed E-state index contributed by atoms with van der Waals surface area (Å²) in [6, 6.07) is 20.6. The maximum atomic E-state index is 13.2. The second-order valence-electron chi connectivity index (χ2n) is 12.0. The molecule has 3 aromatic rings. The first-order chi connectivity index (χ1) is 20.1. The van der Waals surface area contributed by atoms with Crippen molar-refractivity contribution in [2.45, 2.75) is 68.8 Å². The quantitative estimate of drug-likeness (QED) is 0.343. The summed E-state index contributed by atoms with van der Waals surface area (Å²) >= 11 is 3.39. The van der Waals surface area contributed by atoms with E-state index in [2.05, 4.69) is 85.2 Å². The van der Waals surface area contributed by atoms with E-state index in [-0.39, 0.29) is 22.3 Å². The van der Waals surface area contributed by atoms with Crippen molar-refractivity contribution in [1.29, 1.82) is 0 Å². The van der Waals surface area contributed by atoms with Crippen LogP contribution in [0.5, 0.6) is 5.75 Å². The number of aromatic nitrogens is 1. The minimum Gasteiger partial charge on any atom is -0.491 e. The molecule has 2 aromatic carbocycles. The highest BCUT2D eigenvalue weighted by Gasteiger charge is 2.61. The maximum Gasteiger partial charge on any atom is 0.261 e. The first-order valence-electron chi connectivity index (χ1n) is 14.2. The summed E-state index contributed by atoms with van der Waals surface area (Å²) in [7, 11) is 1.85. The van der Waals surface area contributed by atoms with Gasteiger partial charge in [-0.15, -0.1) is 0 Å². The molecule has 0 bridgehead atoms. The summed E-state index contributed by atoms with van der Waals surface area (Å²) in [5.74, 6) is 0.172. The Morgan fingerprint density at radius 3 is 2.14 bits per heavy atom. The fourth-order valence-corrected chi connectivity index (χ4v) is 12.0. The number of aliphatic hydroxyl groups excluding tert-OH is 1. The average molecular weight is 659 g/mol. The van der Waals surface area contributed by atoms with Gasteiger partial charge in [0.25, 0.3) is 8.32 Å². The number of fused-ring (bicyclic) bond motifs is 3. The van der Waals surface area contributed by atoms with Crippen molar-refractivity contribution in [2.24, 2.45) is 0 Å². The van der Waals surface area contributed by atoms with Crippen molar-refractivity contribution in [2.75, 3.05) is 27.9 Å². The number of aliphatic hydroxyl groups is 1. The fraction of sp³-hybridized carbons (Fsp3) is 0.469. The third-order valence-electron chi connectivity index (χ3n) is 8.86.